The van der Waals surface area contributed by atoms with Crippen molar-refractivity contribution < 1.29 is 24.2 Å². The van der Waals surface area contributed by atoms with Crippen LogP contribution < -0.4 is 25.4 Å². The number of thioether (sulfide) groups is 1. The number of benzene rings is 3. The summed E-state index contributed by atoms with van der Waals surface area (Å²) in [6, 6.07) is 23.1. The van der Waals surface area contributed by atoms with Crippen molar-refractivity contribution in [2.75, 3.05) is 30.1 Å². The van der Waals surface area contributed by atoms with Crippen LogP contribution in [0.5, 0.6) is 17.2 Å². The Labute approximate surface area is 242 Å². The average Bonchev–Trinajstić information content (AvgIpc) is 2.97. The molecule has 4 rings (SSSR count). The molecule has 0 radical (unpaired) electrons. The molecule has 4 N–H and O–H groups in total. The number of ether oxygens (including phenoxy) is 2. The minimum atomic E-state index is -0.788. The Balaban J connectivity index is 1.66. The number of methoxy groups -OCH3 is 1. The summed E-state index contributed by atoms with van der Waals surface area (Å²) in [7, 11) is 1.43. The van der Waals surface area contributed by atoms with Crippen LogP contribution in [0.1, 0.15) is 25.3 Å². The molecular weight excluding hydrogens is 540 g/mol. The van der Waals surface area contributed by atoms with Crippen LogP contribution in [-0.2, 0) is 9.59 Å². The molecule has 0 aromatic heterocycles. The molecule has 0 aliphatic carbocycles. The number of hydrogen-bond acceptors (Lipinski definition) is 8. The van der Waals surface area contributed by atoms with Crippen molar-refractivity contribution in [1.82, 2.24) is 5.32 Å². The Morgan fingerprint density at radius 3 is 2.49 bits per heavy atom. The van der Waals surface area contributed by atoms with Gasteiger partial charge in [-0.3, -0.25) is 9.59 Å². The van der Waals surface area contributed by atoms with Gasteiger partial charge in [-0.2, -0.15) is 5.26 Å². The van der Waals surface area contributed by atoms with E-state index in [1.165, 1.54) is 13.2 Å². The van der Waals surface area contributed by atoms with Crippen molar-refractivity contribution in [1.29, 1.82) is 5.26 Å². The van der Waals surface area contributed by atoms with Gasteiger partial charge in [-0.25, -0.2) is 0 Å². The third-order valence-corrected chi connectivity index (χ3v) is 7.29. The first kappa shape index (κ1) is 29.1. The zero-order valence-electron chi connectivity index (χ0n) is 22.9. The number of rotatable bonds is 10. The van der Waals surface area contributed by atoms with Crippen LogP contribution in [0, 0.1) is 11.3 Å². The molecule has 9 nitrogen and oxygen atoms in total. The Hall–Kier alpha value is -4.88. The molecule has 2 amide bonds. The number of para-hydroxylation sites is 3. The molecule has 0 bridgehead atoms. The van der Waals surface area contributed by atoms with Gasteiger partial charge in [0.2, 0.25) is 5.91 Å². The number of nitrogens with one attached hydrogen (secondary N) is 3. The average molecular weight is 571 g/mol. The summed E-state index contributed by atoms with van der Waals surface area (Å²) in [6.07, 6.45) is 0. The molecule has 1 atom stereocenters. The van der Waals surface area contributed by atoms with E-state index in [0.29, 0.717) is 45.6 Å². The van der Waals surface area contributed by atoms with Gasteiger partial charge in [-0.15, -0.1) is 0 Å². The molecule has 10 heteroatoms. The van der Waals surface area contributed by atoms with E-state index in [1.54, 1.807) is 49.4 Å². The fourth-order valence-corrected chi connectivity index (χ4v) is 5.32. The maximum absolute atomic E-state index is 13.6. The smallest absolute Gasteiger partial charge is 0.254 e. The minimum Gasteiger partial charge on any atom is -0.504 e. The van der Waals surface area contributed by atoms with E-state index >= 15 is 0 Å². The Bertz CT molecular complexity index is 1550. The summed E-state index contributed by atoms with van der Waals surface area (Å²) in [4.78, 5) is 26.5. The lowest BCUT2D eigenvalue weighted by atomic mass is 9.82. The summed E-state index contributed by atoms with van der Waals surface area (Å²) >= 11 is 1.16. The van der Waals surface area contributed by atoms with Crippen molar-refractivity contribution >= 4 is 35.0 Å². The van der Waals surface area contributed by atoms with Crippen LogP contribution in [0.25, 0.3) is 0 Å². The summed E-state index contributed by atoms with van der Waals surface area (Å²) in [5, 5.41) is 29.9. The number of nitrogens with zero attached hydrogens (tertiary/aromatic N) is 1. The molecule has 1 heterocycles. The van der Waals surface area contributed by atoms with Crippen molar-refractivity contribution in [3.8, 4) is 23.3 Å². The molecule has 210 valence electrons. The molecule has 3 aromatic rings. The van der Waals surface area contributed by atoms with E-state index in [0.717, 1.165) is 11.8 Å². The molecule has 0 saturated carbocycles. The highest BCUT2D eigenvalue weighted by Crippen LogP contribution is 2.43. The highest BCUT2D eigenvalue weighted by molar-refractivity contribution is 8.03. The number of carbonyl (C=O) groups is 2. The van der Waals surface area contributed by atoms with Crippen LogP contribution in [0.2, 0.25) is 0 Å². The second-order valence-corrected chi connectivity index (χ2v) is 9.95. The second-order valence-electron chi connectivity index (χ2n) is 8.97. The number of allylic oxidation sites excluding steroid dienone is 2. The molecule has 1 aliphatic rings. The molecule has 1 unspecified atom stereocenters. The predicted molar refractivity (Wildman–Crippen MR) is 160 cm³/mol. The van der Waals surface area contributed by atoms with E-state index in [9.17, 15) is 20.0 Å². The van der Waals surface area contributed by atoms with Crippen LogP contribution in [0.4, 0.5) is 11.4 Å². The molecule has 0 saturated heterocycles. The lowest BCUT2D eigenvalue weighted by Gasteiger charge is -2.30. The zero-order valence-corrected chi connectivity index (χ0v) is 23.7. The minimum absolute atomic E-state index is 0.00157. The molecule has 1 aliphatic heterocycles. The third kappa shape index (κ3) is 6.83. The number of phenols is 1. The number of dihydropyridines is 1. The van der Waals surface area contributed by atoms with Gasteiger partial charge in [0.15, 0.2) is 11.5 Å². The summed E-state index contributed by atoms with van der Waals surface area (Å²) in [5.74, 6) is -0.758. The molecular formula is C31H30N4O5S. The third-order valence-electron chi connectivity index (χ3n) is 6.27. The van der Waals surface area contributed by atoms with Gasteiger partial charge in [0.1, 0.15) is 5.75 Å². The molecule has 3 aromatic carbocycles. The van der Waals surface area contributed by atoms with Crippen LogP contribution in [0.3, 0.4) is 0 Å². The van der Waals surface area contributed by atoms with E-state index in [4.69, 9.17) is 9.47 Å². The number of phenolic OH excluding ortho intramolecular Hbond substituents is 1. The summed E-state index contributed by atoms with van der Waals surface area (Å²) in [5.41, 5.74) is 2.84. The topological polar surface area (TPSA) is 133 Å². The Morgan fingerprint density at radius 2 is 1.78 bits per heavy atom. The van der Waals surface area contributed by atoms with E-state index in [2.05, 4.69) is 22.0 Å². The van der Waals surface area contributed by atoms with Crippen LogP contribution in [0.15, 0.2) is 94.7 Å². The van der Waals surface area contributed by atoms with Crippen molar-refractivity contribution in [3.63, 3.8) is 0 Å². The van der Waals surface area contributed by atoms with Gasteiger partial charge in [-0.1, -0.05) is 48.2 Å². The quantitative estimate of drug-likeness (QED) is 0.251. The highest BCUT2D eigenvalue weighted by atomic mass is 32.2. The van der Waals surface area contributed by atoms with E-state index in [1.807, 2.05) is 31.2 Å². The number of nitriles is 1. The van der Waals surface area contributed by atoms with Gasteiger partial charge in [0.25, 0.3) is 5.91 Å². The normalized spacial score (nSPS) is 14.5. The maximum atomic E-state index is 13.6. The van der Waals surface area contributed by atoms with Crippen molar-refractivity contribution in [2.24, 2.45) is 0 Å². The standard InChI is InChI=1S/C31H30N4O5S/c1-4-40-25-13-9-8-12-23(25)35-27(37)18-41-31-22(17-32)29(20-14-15-24(36)26(16-20)39-3)28(19(2)33-31)30(38)34-21-10-6-5-7-11-21/h5-16,29,33,36H,4,18H2,1-3H3,(H,34,38)(H,35,37). The largest absolute Gasteiger partial charge is 0.504 e. The fraction of sp³-hybridized carbons (Fsp3) is 0.194. The lowest BCUT2D eigenvalue weighted by molar-refractivity contribution is -0.114. The number of carbonyl (C=O) groups excluding carboxylic acids is 2. The fourth-order valence-electron chi connectivity index (χ4n) is 4.43. The first-order chi connectivity index (χ1) is 19.9. The van der Waals surface area contributed by atoms with Gasteiger partial charge < -0.3 is 30.5 Å². The van der Waals surface area contributed by atoms with Crippen LogP contribution >= 0.6 is 11.8 Å². The monoisotopic (exact) mass is 570 g/mol. The van der Waals surface area contributed by atoms with Gasteiger partial charge in [0, 0.05) is 17.0 Å². The highest BCUT2D eigenvalue weighted by Gasteiger charge is 2.35. The number of hydrogen-bond donors (Lipinski definition) is 4. The lowest BCUT2D eigenvalue weighted by Crippen LogP contribution is -2.31. The number of anilines is 2. The van der Waals surface area contributed by atoms with Gasteiger partial charge in [0.05, 0.1) is 47.7 Å². The first-order valence-electron chi connectivity index (χ1n) is 12.9. The molecule has 0 spiro atoms. The Morgan fingerprint density at radius 1 is 1.05 bits per heavy atom. The van der Waals surface area contributed by atoms with E-state index < -0.39 is 5.92 Å². The maximum Gasteiger partial charge on any atom is 0.254 e. The zero-order chi connectivity index (χ0) is 29.4. The van der Waals surface area contributed by atoms with Gasteiger partial charge >= 0.3 is 0 Å². The predicted octanol–water partition coefficient (Wildman–Crippen LogP) is 5.51. The Kier molecular flexibility index (Phi) is 9.55. The van der Waals surface area contributed by atoms with E-state index in [-0.39, 0.29) is 34.6 Å². The van der Waals surface area contributed by atoms with Crippen molar-refractivity contribution in [3.05, 3.63) is 100 Å². The summed E-state index contributed by atoms with van der Waals surface area (Å²) < 4.78 is 10.9. The van der Waals surface area contributed by atoms with Crippen LogP contribution in [-0.4, -0.2) is 36.4 Å². The number of aromatic hydroxyl groups is 1. The summed E-state index contributed by atoms with van der Waals surface area (Å²) in [6.45, 7) is 4.07. The molecule has 0 fully saturated rings. The van der Waals surface area contributed by atoms with Gasteiger partial charge in [-0.05, 0) is 55.8 Å². The number of amides is 2. The SMILES string of the molecule is CCOc1ccccc1NC(=O)CSC1=C(C#N)C(c2ccc(O)c(OC)c2)C(C(=O)Nc2ccccc2)=C(C)N1. The molecule has 41 heavy (non-hydrogen) atoms. The first-order valence-corrected chi connectivity index (χ1v) is 13.8. The second kappa shape index (κ2) is 13.5. The van der Waals surface area contributed by atoms with Crippen molar-refractivity contribution in [2.45, 2.75) is 19.8 Å².